The maximum absolute atomic E-state index is 4.44. The normalized spacial score (nSPS) is 12.9. The molecule has 0 aliphatic rings. The lowest BCUT2D eigenvalue weighted by molar-refractivity contribution is 0.225. The molecule has 2 heterocycles. The van der Waals surface area contributed by atoms with Crippen LogP contribution < -0.4 is 0 Å². The molecule has 2 aromatic heterocycles. The second kappa shape index (κ2) is 6.02. The molecule has 0 spiro atoms. The second-order valence-electron chi connectivity index (χ2n) is 4.31. The fraction of sp³-hybridized carbons (Fsp3) is 0.462. The zero-order chi connectivity index (χ0) is 13.0. The average molecular weight is 262 g/mol. The van der Waals surface area contributed by atoms with Crippen LogP contribution in [0.5, 0.6) is 0 Å². The molecule has 2 rings (SSSR count). The fourth-order valence-corrected chi connectivity index (χ4v) is 2.82. The molecule has 4 nitrogen and oxygen atoms in total. The van der Waals surface area contributed by atoms with Crippen LogP contribution in [0.4, 0.5) is 0 Å². The molecule has 96 valence electrons. The van der Waals surface area contributed by atoms with Crippen molar-refractivity contribution in [3.05, 3.63) is 40.1 Å². The van der Waals surface area contributed by atoms with Gasteiger partial charge >= 0.3 is 0 Å². The van der Waals surface area contributed by atoms with Gasteiger partial charge in [-0.2, -0.15) is 0 Å². The van der Waals surface area contributed by atoms with Crippen LogP contribution in [-0.4, -0.2) is 27.1 Å². The maximum atomic E-state index is 4.44. The molecular weight excluding hydrogens is 244 g/mol. The van der Waals surface area contributed by atoms with Gasteiger partial charge in [0.1, 0.15) is 10.0 Å². The van der Waals surface area contributed by atoms with Gasteiger partial charge in [-0.1, -0.05) is 13.0 Å². The standard InChI is InChI=1S/C13H18N4S/c1-4-12(11-7-5-6-8-14-11)17(3)9-13-16-15-10(2)18-13/h5-8,12H,4,9H2,1-3H3. The van der Waals surface area contributed by atoms with Crippen LogP contribution >= 0.6 is 11.3 Å². The smallest absolute Gasteiger partial charge is 0.131 e. The van der Waals surface area contributed by atoms with E-state index < -0.39 is 0 Å². The summed E-state index contributed by atoms with van der Waals surface area (Å²) in [4.78, 5) is 6.72. The van der Waals surface area contributed by atoms with E-state index in [0.717, 1.165) is 28.7 Å². The van der Waals surface area contributed by atoms with Gasteiger partial charge in [0.15, 0.2) is 0 Å². The highest BCUT2D eigenvalue weighted by Crippen LogP contribution is 2.23. The molecule has 1 unspecified atom stereocenters. The Morgan fingerprint density at radius 2 is 2.17 bits per heavy atom. The predicted molar refractivity (Wildman–Crippen MR) is 73.4 cm³/mol. The highest BCUT2D eigenvalue weighted by Gasteiger charge is 2.17. The number of pyridine rings is 1. The lowest BCUT2D eigenvalue weighted by Crippen LogP contribution is -2.24. The second-order valence-corrected chi connectivity index (χ2v) is 5.57. The molecule has 0 radical (unpaired) electrons. The zero-order valence-corrected chi connectivity index (χ0v) is 11.8. The number of hydrogen-bond donors (Lipinski definition) is 0. The summed E-state index contributed by atoms with van der Waals surface area (Å²) in [5, 5.41) is 10.3. The topological polar surface area (TPSA) is 41.9 Å². The molecule has 0 amide bonds. The van der Waals surface area contributed by atoms with Crippen LogP contribution in [0.3, 0.4) is 0 Å². The van der Waals surface area contributed by atoms with E-state index in [1.807, 2.05) is 25.3 Å². The van der Waals surface area contributed by atoms with Crippen LogP contribution in [0.1, 0.15) is 35.1 Å². The molecule has 1 atom stereocenters. The van der Waals surface area contributed by atoms with Crippen molar-refractivity contribution in [2.24, 2.45) is 0 Å². The first-order valence-electron chi connectivity index (χ1n) is 6.11. The van der Waals surface area contributed by atoms with Gasteiger partial charge in [-0.25, -0.2) is 0 Å². The molecular formula is C13H18N4S. The summed E-state index contributed by atoms with van der Waals surface area (Å²) in [6.07, 6.45) is 2.88. The van der Waals surface area contributed by atoms with Gasteiger partial charge in [-0.3, -0.25) is 9.88 Å². The molecule has 2 aromatic rings. The summed E-state index contributed by atoms with van der Waals surface area (Å²) in [5.41, 5.74) is 1.11. The first-order valence-corrected chi connectivity index (χ1v) is 6.92. The van der Waals surface area contributed by atoms with Crippen molar-refractivity contribution in [1.82, 2.24) is 20.1 Å². The van der Waals surface area contributed by atoms with Crippen molar-refractivity contribution in [2.45, 2.75) is 32.9 Å². The molecule has 0 saturated carbocycles. The number of rotatable bonds is 5. The van der Waals surface area contributed by atoms with Crippen molar-refractivity contribution < 1.29 is 0 Å². The predicted octanol–water partition coefficient (Wildman–Crippen LogP) is 2.82. The Bertz CT molecular complexity index is 483. The molecule has 0 aliphatic heterocycles. The average Bonchev–Trinajstić information content (AvgIpc) is 2.77. The summed E-state index contributed by atoms with van der Waals surface area (Å²) in [5.74, 6) is 0. The molecule has 0 aromatic carbocycles. The van der Waals surface area contributed by atoms with Crippen LogP contribution in [0.2, 0.25) is 0 Å². The SMILES string of the molecule is CCC(c1ccccn1)N(C)Cc1nnc(C)s1. The minimum atomic E-state index is 0.329. The van der Waals surface area contributed by atoms with Crippen LogP contribution in [0.15, 0.2) is 24.4 Å². The Hall–Kier alpha value is -1.33. The van der Waals surface area contributed by atoms with Crippen LogP contribution in [-0.2, 0) is 6.54 Å². The maximum Gasteiger partial charge on any atom is 0.131 e. The van der Waals surface area contributed by atoms with Crippen molar-refractivity contribution in [3.63, 3.8) is 0 Å². The third-order valence-electron chi connectivity index (χ3n) is 2.90. The Labute approximate surface area is 112 Å². The largest absolute Gasteiger partial charge is 0.291 e. The lowest BCUT2D eigenvalue weighted by Gasteiger charge is -2.25. The Kier molecular flexibility index (Phi) is 4.38. The molecule has 5 heteroatoms. The third-order valence-corrected chi connectivity index (χ3v) is 3.72. The Balaban J connectivity index is 2.08. The molecule has 0 saturated heterocycles. The minimum absolute atomic E-state index is 0.329. The van der Waals surface area contributed by atoms with Gasteiger partial charge < -0.3 is 0 Å². The van der Waals surface area contributed by atoms with E-state index in [1.54, 1.807) is 11.3 Å². The van der Waals surface area contributed by atoms with Gasteiger partial charge in [-0.15, -0.1) is 21.5 Å². The molecule has 0 bridgehead atoms. The summed E-state index contributed by atoms with van der Waals surface area (Å²) in [6, 6.07) is 6.39. The monoisotopic (exact) mass is 262 g/mol. The van der Waals surface area contributed by atoms with Gasteiger partial charge in [0.05, 0.1) is 18.3 Å². The van der Waals surface area contributed by atoms with Crippen LogP contribution in [0.25, 0.3) is 0 Å². The summed E-state index contributed by atoms with van der Waals surface area (Å²) in [7, 11) is 2.11. The molecule has 0 N–H and O–H groups in total. The van der Waals surface area contributed by atoms with E-state index in [1.165, 1.54) is 0 Å². The third kappa shape index (κ3) is 3.11. The van der Waals surface area contributed by atoms with Gasteiger partial charge in [0.25, 0.3) is 0 Å². The van der Waals surface area contributed by atoms with Crippen molar-refractivity contribution in [1.29, 1.82) is 0 Å². The van der Waals surface area contributed by atoms with Gasteiger partial charge in [0, 0.05) is 6.20 Å². The Morgan fingerprint density at radius 1 is 1.33 bits per heavy atom. The summed E-state index contributed by atoms with van der Waals surface area (Å²) < 4.78 is 0. The van der Waals surface area contributed by atoms with E-state index in [4.69, 9.17) is 0 Å². The van der Waals surface area contributed by atoms with Gasteiger partial charge in [-0.05, 0) is 32.5 Å². The first-order chi connectivity index (χ1) is 8.70. The van der Waals surface area contributed by atoms with E-state index in [-0.39, 0.29) is 0 Å². The number of aromatic nitrogens is 3. The van der Waals surface area contributed by atoms with E-state index >= 15 is 0 Å². The van der Waals surface area contributed by atoms with Gasteiger partial charge in [0.2, 0.25) is 0 Å². The fourth-order valence-electron chi connectivity index (χ4n) is 2.04. The minimum Gasteiger partial charge on any atom is -0.291 e. The summed E-state index contributed by atoms with van der Waals surface area (Å²) in [6.45, 7) is 4.99. The highest BCUT2D eigenvalue weighted by atomic mass is 32.1. The number of hydrogen-bond acceptors (Lipinski definition) is 5. The quantitative estimate of drug-likeness (QED) is 0.831. The van der Waals surface area contributed by atoms with Crippen molar-refractivity contribution >= 4 is 11.3 Å². The van der Waals surface area contributed by atoms with Crippen molar-refractivity contribution in [2.75, 3.05) is 7.05 Å². The van der Waals surface area contributed by atoms with Crippen molar-refractivity contribution in [3.8, 4) is 0 Å². The van der Waals surface area contributed by atoms with Crippen LogP contribution in [0, 0.1) is 6.92 Å². The zero-order valence-electron chi connectivity index (χ0n) is 11.0. The summed E-state index contributed by atoms with van der Waals surface area (Å²) >= 11 is 1.65. The Morgan fingerprint density at radius 3 is 2.72 bits per heavy atom. The number of aryl methyl sites for hydroxylation is 1. The molecule has 0 aliphatic carbocycles. The van der Waals surface area contributed by atoms with E-state index in [9.17, 15) is 0 Å². The molecule has 0 fully saturated rings. The van der Waals surface area contributed by atoms with E-state index in [0.29, 0.717) is 6.04 Å². The first kappa shape index (κ1) is 13.1. The lowest BCUT2D eigenvalue weighted by atomic mass is 10.1. The number of nitrogens with zero attached hydrogens (tertiary/aromatic N) is 4. The van der Waals surface area contributed by atoms with E-state index in [2.05, 4.69) is 40.1 Å². The molecule has 18 heavy (non-hydrogen) atoms. The highest BCUT2D eigenvalue weighted by molar-refractivity contribution is 7.11.